The molecule has 4 heteroatoms. The summed E-state index contributed by atoms with van der Waals surface area (Å²) in [6.45, 7) is 3.93. The predicted molar refractivity (Wildman–Crippen MR) is 61.3 cm³/mol. The Bertz CT molecular complexity index is 465. The summed E-state index contributed by atoms with van der Waals surface area (Å²) in [4.78, 5) is 13.3. The molecule has 0 fully saturated rings. The van der Waals surface area contributed by atoms with Gasteiger partial charge >= 0.3 is 0 Å². The van der Waals surface area contributed by atoms with Crippen molar-refractivity contribution in [2.24, 2.45) is 0 Å². The van der Waals surface area contributed by atoms with Crippen molar-refractivity contribution in [2.45, 2.75) is 32.7 Å². The maximum Gasteiger partial charge on any atom is 0.262 e. The SMILES string of the molecule is Cc1cccc2c1C(=O)N(CC(C)(F)F)C2C. The molecule has 0 radical (unpaired) electrons. The molecule has 1 aliphatic heterocycles. The number of benzene rings is 1. The van der Waals surface area contributed by atoms with E-state index >= 15 is 0 Å². The molecule has 17 heavy (non-hydrogen) atoms. The summed E-state index contributed by atoms with van der Waals surface area (Å²) in [5.74, 6) is -3.15. The molecule has 0 saturated carbocycles. The second kappa shape index (κ2) is 3.79. The van der Waals surface area contributed by atoms with E-state index < -0.39 is 12.5 Å². The number of aryl methyl sites for hydroxylation is 1. The van der Waals surface area contributed by atoms with Gasteiger partial charge in [0, 0.05) is 12.5 Å². The monoisotopic (exact) mass is 239 g/mol. The molecule has 1 aliphatic rings. The molecular weight excluding hydrogens is 224 g/mol. The topological polar surface area (TPSA) is 20.3 Å². The highest BCUT2D eigenvalue weighted by Crippen LogP contribution is 2.36. The Labute approximate surface area is 99.2 Å². The summed E-state index contributed by atoms with van der Waals surface area (Å²) >= 11 is 0. The number of hydrogen-bond donors (Lipinski definition) is 0. The quantitative estimate of drug-likeness (QED) is 0.776. The molecule has 1 aromatic rings. The van der Waals surface area contributed by atoms with E-state index in [0.717, 1.165) is 18.1 Å². The zero-order valence-electron chi connectivity index (χ0n) is 10.1. The van der Waals surface area contributed by atoms with Crippen LogP contribution in [-0.2, 0) is 0 Å². The number of carbonyl (C=O) groups excluding carboxylic acids is 1. The van der Waals surface area contributed by atoms with Crippen molar-refractivity contribution in [1.29, 1.82) is 0 Å². The number of fused-ring (bicyclic) bond motifs is 1. The highest BCUT2D eigenvalue weighted by Gasteiger charge is 2.39. The molecule has 1 aromatic carbocycles. The molecule has 92 valence electrons. The van der Waals surface area contributed by atoms with Crippen LogP contribution in [0.25, 0.3) is 0 Å². The molecule has 1 amide bonds. The summed E-state index contributed by atoms with van der Waals surface area (Å²) in [5.41, 5.74) is 2.28. The lowest BCUT2D eigenvalue weighted by Crippen LogP contribution is -2.36. The van der Waals surface area contributed by atoms with Crippen LogP contribution in [0.3, 0.4) is 0 Å². The first kappa shape index (κ1) is 12.0. The van der Waals surface area contributed by atoms with Gasteiger partial charge in [-0.25, -0.2) is 8.78 Å². The minimum Gasteiger partial charge on any atom is -0.326 e. The number of alkyl halides is 2. The van der Waals surface area contributed by atoms with Gasteiger partial charge in [0.1, 0.15) is 0 Å². The molecular formula is C13H15F2NO. The van der Waals surface area contributed by atoms with Crippen LogP contribution in [0, 0.1) is 6.92 Å². The van der Waals surface area contributed by atoms with Crippen LogP contribution >= 0.6 is 0 Å². The molecule has 2 nitrogen and oxygen atoms in total. The number of nitrogens with zero attached hydrogens (tertiary/aromatic N) is 1. The number of halogens is 2. The fourth-order valence-electron chi connectivity index (χ4n) is 2.33. The van der Waals surface area contributed by atoms with Crippen LogP contribution in [0.5, 0.6) is 0 Å². The van der Waals surface area contributed by atoms with Crippen LogP contribution < -0.4 is 0 Å². The number of hydrogen-bond acceptors (Lipinski definition) is 1. The van der Waals surface area contributed by atoms with Gasteiger partial charge in [-0.1, -0.05) is 18.2 Å². The van der Waals surface area contributed by atoms with Crippen molar-refractivity contribution in [1.82, 2.24) is 4.90 Å². The maximum atomic E-state index is 13.1. The van der Waals surface area contributed by atoms with Crippen molar-refractivity contribution < 1.29 is 13.6 Å². The van der Waals surface area contributed by atoms with Gasteiger partial charge in [0.05, 0.1) is 12.6 Å². The third kappa shape index (κ3) is 2.04. The third-order valence-electron chi connectivity index (χ3n) is 3.15. The number of carbonyl (C=O) groups is 1. The average Bonchev–Trinajstić information content (AvgIpc) is 2.43. The average molecular weight is 239 g/mol. The summed E-state index contributed by atoms with van der Waals surface area (Å²) in [5, 5.41) is 0. The summed E-state index contributed by atoms with van der Waals surface area (Å²) in [6.07, 6.45) is 0. The first-order chi connectivity index (χ1) is 7.81. The fraction of sp³-hybridized carbons (Fsp3) is 0.462. The van der Waals surface area contributed by atoms with Gasteiger partial charge in [-0.05, 0) is 25.0 Å². The summed E-state index contributed by atoms with van der Waals surface area (Å²) < 4.78 is 26.1. The van der Waals surface area contributed by atoms with Crippen LogP contribution in [-0.4, -0.2) is 23.3 Å². The van der Waals surface area contributed by atoms with Crippen molar-refractivity contribution in [2.75, 3.05) is 6.54 Å². The standard InChI is InChI=1S/C13H15F2NO/c1-8-5-4-6-10-9(2)16(7-13(3,14)15)12(17)11(8)10/h4-6,9H,7H2,1-3H3. The first-order valence-electron chi connectivity index (χ1n) is 5.59. The van der Waals surface area contributed by atoms with Crippen molar-refractivity contribution in [3.05, 3.63) is 34.9 Å². The summed E-state index contributed by atoms with van der Waals surface area (Å²) in [7, 11) is 0. The Morgan fingerprint density at radius 3 is 2.59 bits per heavy atom. The van der Waals surface area contributed by atoms with Gasteiger partial charge in [-0.2, -0.15) is 0 Å². The normalized spacial score (nSPS) is 19.7. The smallest absolute Gasteiger partial charge is 0.262 e. The van der Waals surface area contributed by atoms with E-state index in [1.807, 2.05) is 25.1 Å². The molecule has 0 aliphatic carbocycles. The lowest BCUT2D eigenvalue weighted by molar-refractivity contribution is -0.0163. The second-order valence-corrected chi connectivity index (χ2v) is 4.72. The van der Waals surface area contributed by atoms with E-state index in [2.05, 4.69) is 0 Å². The Morgan fingerprint density at radius 1 is 1.41 bits per heavy atom. The van der Waals surface area contributed by atoms with E-state index in [0.29, 0.717) is 5.56 Å². The molecule has 1 heterocycles. The molecule has 0 aromatic heterocycles. The van der Waals surface area contributed by atoms with Crippen LogP contribution in [0.2, 0.25) is 0 Å². The van der Waals surface area contributed by atoms with E-state index in [1.54, 1.807) is 6.92 Å². The molecule has 1 unspecified atom stereocenters. The van der Waals surface area contributed by atoms with E-state index in [-0.39, 0.29) is 11.9 Å². The van der Waals surface area contributed by atoms with Crippen molar-refractivity contribution in [3.8, 4) is 0 Å². The second-order valence-electron chi connectivity index (χ2n) is 4.72. The molecule has 0 spiro atoms. The van der Waals surface area contributed by atoms with Crippen molar-refractivity contribution >= 4 is 5.91 Å². The van der Waals surface area contributed by atoms with E-state index in [1.165, 1.54) is 4.90 Å². The minimum absolute atomic E-state index is 0.275. The van der Waals surface area contributed by atoms with E-state index in [4.69, 9.17) is 0 Å². The Hall–Kier alpha value is -1.45. The maximum absolute atomic E-state index is 13.1. The van der Waals surface area contributed by atoms with Crippen LogP contribution in [0.4, 0.5) is 8.78 Å². The minimum atomic E-state index is -2.86. The number of rotatable bonds is 2. The Balaban J connectivity index is 2.39. The highest BCUT2D eigenvalue weighted by atomic mass is 19.3. The lowest BCUT2D eigenvalue weighted by atomic mass is 10.0. The van der Waals surface area contributed by atoms with Gasteiger partial charge < -0.3 is 4.90 Å². The highest BCUT2D eigenvalue weighted by molar-refractivity contribution is 6.00. The van der Waals surface area contributed by atoms with Gasteiger partial charge in [-0.15, -0.1) is 0 Å². The zero-order valence-corrected chi connectivity index (χ0v) is 10.1. The number of amides is 1. The molecule has 1 atom stereocenters. The molecule has 2 rings (SSSR count). The zero-order chi connectivity index (χ0) is 12.8. The lowest BCUT2D eigenvalue weighted by Gasteiger charge is -2.25. The largest absolute Gasteiger partial charge is 0.326 e. The van der Waals surface area contributed by atoms with Crippen LogP contribution in [0.1, 0.15) is 41.4 Å². The molecule has 0 saturated heterocycles. The van der Waals surface area contributed by atoms with Gasteiger partial charge in [0.15, 0.2) is 0 Å². The van der Waals surface area contributed by atoms with Gasteiger partial charge in [0.25, 0.3) is 11.8 Å². The fourth-order valence-corrected chi connectivity index (χ4v) is 2.33. The molecule has 0 N–H and O–H groups in total. The Morgan fingerprint density at radius 2 is 2.06 bits per heavy atom. The van der Waals surface area contributed by atoms with Gasteiger partial charge in [0.2, 0.25) is 0 Å². The summed E-state index contributed by atoms with van der Waals surface area (Å²) in [6, 6.07) is 5.24. The first-order valence-corrected chi connectivity index (χ1v) is 5.59. The Kier molecular flexibility index (Phi) is 2.68. The third-order valence-corrected chi connectivity index (χ3v) is 3.15. The predicted octanol–water partition coefficient (Wildman–Crippen LogP) is 3.17. The van der Waals surface area contributed by atoms with Gasteiger partial charge in [-0.3, -0.25) is 4.79 Å². The van der Waals surface area contributed by atoms with Crippen molar-refractivity contribution in [3.63, 3.8) is 0 Å². The van der Waals surface area contributed by atoms with E-state index in [9.17, 15) is 13.6 Å². The van der Waals surface area contributed by atoms with Crippen LogP contribution in [0.15, 0.2) is 18.2 Å². The molecule has 0 bridgehead atoms.